The lowest BCUT2D eigenvalue weighted by molar-refractivity contribution is 1.40. The van der Waals surface area contributed by atoms with Crippen molar-refractivity contribution in [2.24, 2.45) is 0 Å². The lowest BCUT2D eigenvalue weighted by Gasteiger charge is -2.22. The first kappa shape index (κ1) is 64.3. The molecule has 0 nitrogen and oxygen atoms in total. The molecule has 0 unspecified atom stereocenters. The summed E-state index contributed by atoms with van der Waals surface area (Å²) in [6.45, 7) is 32.2. The van der Waals surface area contributed by atoms with Gasteiger partial charge in [-0.25, -0.2) is 0 Å². The molecule has 0 aliphatic carbocycles. The van der Waals surface area contributed by atoms with Gasteiger partial charge in [0, 0.05) is 0 Å². The highest BCUT2D eigenvalue weighted by Gasteiger charge is 2.22. The smallest absolute Gasteiger partial charge is 0.00206 e. The molecule has 0 atom stereocenters. The number of hydrogen-bond acceptors (Lipinski definition) is 0. The van der Waals surface area contributed by atoms with Crippen molar-refractivity contribution in [1.29, 1.82) is 0 Å². The van der Waals surface area contributed by atoms with Gasteiger partial charge in [-0.05, 0) is 103 Å². The summed E-state index contributed by atoms with van der Waals surface area (Å²) in [6, 6.07) is 91.8. The van der Waals surface area contributed by atoms with E-state index < -0.39 is 0 Å². The zero-order valence-corrected chi connectivity index (χ0v) is 49.2. The van der Waals surface area contributed by atoms with E-state index in [4.69, 9.17) is 0 Å². The molecule has 10 aromatic carbocycles. The predicted octanol–water partition coefficient (Wildman–Crippen LogP) is 24.5. The minimum Gasteiger partial charge on any atom is -0.0683 e. The molecule has 0 saturated carbocycles. The fourth-order valence-electron chi connectivity index (χ4n) is 8.49. The summed E-state index contributed by atoms with van der Waals surface area (Å²) in [5, 5.41) is 0. The van der Waals surface area contributed by atoms with Gasteiger partial charge in [0.2, 0.25) is 0 Å². The molecule has 0 bridgehead atoms. The largest absolute Gasteiger partial charge is 0.0683 e. The van der Waals surface area contributed by atoms with E-state index in [-0.39, 0.29) is 0 Å². The fourth-order valence-corrected chi connectivity index (χ4v) is 8.49. The number of benzene rings is 10. The Morgan fingerprint density at radius 2 is 0.289 bits per heavy atom. The van der Waals surface area contributed by atoms with Crippen molar-refractivity contribution < 1.29 is 0 Å². The van der Waals surface area contributed by atoms with Gasteiger partial charge in [0.1, 0.15) is 0 Å². The van der Waals surface area contributed by atoms with Crippen molar-refractivity contribution in [1.82, 2.24) is 0 Å². The maximum Gasteiger partial charge on any atom is -0.00206 e. The first-order valence-corrected chi connectivity index (χ1v) is 28.4. The van der Waals surface area contributed by atoms with Gasteiger partial charge in [0.15, 0.2) is 0 Å². The average Bonchev–Trinajstić information content (AvgIpc) is 3.56. The summed E-state index contributed by atoms with van der Waals surface area (Å²) in [4.78, 5) is 0. The van der Waals surface area contributed by atoms with Crippen LogP contribution in [0.4, 0.5) is 0 Å². The Kier molecular flexibility index (Phi) is 32.0. The van der Waals surface area contributed by atoms with E-state index in [1.807, 2.05) is 96.9 Å². The standard InChI is InChI=1S/C54H38.C8H10.7C2H6/c1-7-19-39(20-8-1)47-35-37-49(41-23-11-3-12-24-41)53(51(47)43-27-15-5-16-28-43)45-31-33-46(34-32-45)54-50(42-25-13-4-14-26-42)38-36-48(40-21-9-2-10-22-40)52(54)44-29-17-6-18-30-44;1-7-3-5-8(2)6-4-7;7*1-2/h1-38H;3-6H,1-2H3;7*1-2H3. The van der Waals surface area contributed by atoms with Gasteiger partial charge in [0.05, 0.1) is 0 Å². The third kappa shape index (κ3) is 17.7. The van der Waals surface area contributed by atoms with Crippen LogP contribution in [0.1, 0.15) is 108 Å². The predicted molar refractivity (Wildman–Crippen MR) is 345 cm³/mol. The molecule has 0 fully saturated rings. The van der Waals surface area contributed by atoms with Crippen LogP contribution in [0.15, 0.2) is 255 Å². The highest BCUT2D eigenvalue weighted by molar-refractivity contribution is 6.04. The Labute approximate surface area is 463 Å². The molecular weight excluding hydrogens is 913 g/mol. The lowest BCUT2D eigenvalue weighted by atomic mass is 9.81. The molecule has 0 saturated heterocycles. The molecule has 0 aromatic heterocycles. The summed E-state index contributed by atoms with van der Waals surface area (Å²) >= 11 is 0. The van der Waals surface area contributed by atoms with Crippen molar-refractivity contribution >= 4 is 0 Å². The first-order chi connectivity index (χ1) is 37.6. The molecule has 0 aliphatic rings. The second-order valence-corrected chi connectivity index (χ2v) is 15.7. The van der Waals surface area contributed by atoms with Crippen LogP contribution in [0, 0.1) is 13.8 Å². The number of rotatable bonds is 8. The Hall–Kier alpha value is -7.80. The van der Waals surface area contributed by atoms with Crippen LogP contribution in [0.3, 0.4) is 0 Å². The SMILES string of the molecule is CC.CC.CC.CC.CC.CC.CC.Cc1ccc(C)cc1.c1ccc(-c2ccc(-c3ccccc3)c(-c3ccc(-c4c(-c5ccccc5)ccc(-c5ccccc5)c4-c4ccccc4)cc3)c2-c2ccccc2)cc1. The summed E-state index contributed by atoms with van der Waals surface area (Å²) in [7, 11) is 0. The molecule has 10 rings (SSSR count). The maximum atomic E-state index is 2.33. The maximum absolute atomic E-state index is 2.33. The van der Waals surface area contributed by atoms with Crippen molar-refractivity contribution in [3.8, 4) is 89.0 Å². The molecule has 0 spiro atoms. The van der Waals surface area contributed by atoms with Gasteiger partial charge in [-0.1, -0.05) is 363 Å². The quantitative estimate of drug-likeness (QED) is 0.142. The Morgan fingerprint density at radius 1 is 0.145 bits per heavy atom. The van der Waals surface area contributed by atoms with Gasteiger partial charge >= 0.3 is 0 Å². The van der Waals surface area contributed by atoms with Crippen LogP contribution in [-0.2, 0) is 0 Å². The molecule has 394 valence electrons. The van der Waals surface area contributed by atoms with Gasteiger partial charge in [-0.15, -0.1) is 0 Å². The number of aryl methyl sites for hydroxylation is 2. The molecule has 0 aliphatic heterocycles. The fraction of sp³-hybridized carbons (Fsp3) is 0.211. The van der Waals surface area contributed by atoms with E-state index >= 15 is 0 Å². The van der Waals surface area contributed by atoms with Gasteiger partial charge in [-0.3, -0.25) is 0 Å². The highest BCUT2D eigenvalue weighted by atomic mass is 14.3. The summed E-state index contributed by atoms with van der Waals surface area (Å²) < 4.78 is 0. The van der Waals surface area contributed by atoms with E-state index in [1.54, 1.807) is 0 Å². The van der Waals surface area contributed by atoms with Crippen molar-refractivity contribution in [2.75, 3.05) is 0 Å². The lowest BCUT2D eigenvalue weighted by Crippen LogP contribution is -1.96. The minimum atomic E-state index is 1.18. The Morgan fingerprint density at radius 3 is 0.461 bits per heavy atom. The molecule has 0 radical (unpaired) electrons. The van der Waals surface area contributed by atoms with E-state index in [1.165, 1.54) is 100 Å². The van der Waals surface area contributed by atoms with E-state index in [9.17, 15) is 0 Å². The third-order valence-corrected chi connectivity index (χ3v) is 11.6. The monoisotopic (exact) mass is 1000 g/mol. The Bertz CT molecular complexity index is 2780. The molecule has 0 heteroatoms. The minimum absolute atomic E-state index is 1.18. The van der Waals surface area contributed by atoms with Crippen LogP contribution in [0.5, 0.6) is 0 Å². The topological polar surface area (TPSA) is 0 Å². The molecule has 0 N–H and O–H groups in total. The molecule has 0 heterocycles. The molecule has 0 amide bonds. The summed E-state index contributed by atoms with van der Waals surface area (Å²) in [6.07, 6.45) is 0. The first-order valence-electron chi connectivity index (χ1n) is 28.4. The van der Waals surface area contributed by atoms with E-state index in [2.05, 4.69) is 269 Å². The zero-order chi connectivity index (χ0) is 56.1. The average molecular weight is 1000 g/mol. The van der Waals surface area contributed by atoms with Crippen molar-refractivity contribution in [3.05, 3.63) is 266 Å². The van der Waals surface area contributed by atoms with Crippen LogP contribution < -0.4 is 0 Å². The van der Waals surface area contributed by atoms with Gasteiger partial charge in [0.25, 0.3) is 0 Å². The highest BCUT2D eigenvalue weighted by Crippen LogP contribution is 2.48. The molecular formula is C76H90. The van der Waals surface area contributed by atoms with Crippen LogP contribution in [-0.4, -0.2) is 0 Å². The number of hydrogen-bond donors (Lipinski definition) is 0. The second kappa shape index (κ2) is 37.9. The molecule has 76 heavy (non-hydrogen) atoms. The normalized spacial score (nSPS) is 9.32. The van der Waals surface area contributed by atoms with E-state index in [0.717, 1.165) is 0 Å². The van der Waals surface area contributed by atoms with Crippen LogP contribution >= 0.6 is 0 Å². The van der Waals surface area contributed by atoms with Gasteiger partial charge in [-0.2, -0.15) is 0 Å². The second-order valence-electron chi connectivity index (χ2n) is 15.7. The van der Waals surface area contributed by atoms with Crippen LogP contribution in [0.2, 0.25) is 0 Å². The van der Waals surface area contributed by atoms with Crippen molar-refractivity contribution in [3.63, 3.8) is 0 Å². The van der Waals surface area contributed by atoms with Gasteiger partial charge < -0.3 is 0 Å². The molecule has 10 aromatic rings. The summed E-state index contributed by atoms with van der Waals surface area (Å²) in [5.74, 6) is 0. The summed E-state index contributed by atoms with van der Waals surface area (Å²) in [5.41, 5.74) is 22.0. The third-order valence-electron chi connectivity index (χ3n) is 11.6. The van der Waals surface area contributed by atoms with Crippen LogP contribution in [0.25, 0.3) is 89.0 Å². The van der Waals surface area contributed by atoms with E-state index in [0.29, 0.717) is 0 Å². The zero-order valence-electron chi connectivity index (χ0n) is 49.2. The Balaban J connectivity index is 0.000000778. The van der Waals surface area contributed by atoms with Crippen molar-refractivity contribution in [2.45, 2.75) is 111 Å².